The van der Waals surface area contributed by atoms with E-state index in [0.29, 0.717) is 53.7 Å². The Bertz CT molecular complexity index is 2100. The van der Waals surface area contributed by atoms with Gasteiger partial charge in [0.25, 0.3) is 11.5 Å². The minimum Gasteiger partial charge on any atom is -0.493 e. The van der Waals surface area contributed by atoms with E-state index in [1.807, 2.05) is 0 Å². The monoisotopic (exact) mass is 714 g/mol. The molecule has 0 bridgehead atoms. The number of hydrogen-bond acceptors (Lipinski definition) is 9. The van der Waals surface area contributed by atoms with E-state index in [2.05, 4.69) is 29.3 Å². The molecular weight excluding hydrogens is 674 g/mol. The van der Waals surface area contributed by atoms with E-state index in [1.165, 1.54) is 53.2 Å². The Hall–Kier alpha value is -5.69. The van der Waals surface area contributed by atoms with E-state index in [4.69, 9.17) is 23.7 Å². The topological polar surface area (TPSA) is 113 Å². The molecule has 1 aliphatic heterocycles. The lowest BCUT2D eigenvalue weighted by molar-refractivity contribution is 0.102. The molecule has 0 spiro atoms. The van der Waals surface area contributed by atoms with E-state index in [9.17, 15) is 14.0 Å². The van der Waals surface area contributed by atoms with Gasteiger partial charge in [0, 0.05) is 35.9 Å². The number of benzene rings is 3. The Labute approximate surface area is 299 Å². The van der Waals surface area contributed by atoms with E-state index in [1.54, 1.807) is 25.3 Å². The van der Waals surface area contributed by atoms with Crippen LogP contribution in [0.15, 0.2) is 77.9 Å². The average Bonchev–Trinajstić information content (AvgIpc) is 3.13. The van der Waals surface area contributed by atoms with Crippen molar-refractivity contribution in [1.29, 1.82) is 0 Å². The number of anilines is 1. The van der Waals surface area contributed by atoms with Gasteiger partial charge >= 0.3 is 0 Å². The lowest BCUT2D eigenvalue weighted by Crippen LogP contribution is -2.29. The van der Waals surface area contributed by atoms with Gasteiger partial charge < -0.3 is 33.9 Å². The second-order valence-electron chi connectivity index (χ2n) is 12.3. The molecule has 272 valence electrons. The average molecular weight is 715 g/mol. The van der Waals surface area contributed by atoms with Crippen molar-refractivity contribution in [3.63, 3.8) is 0 Å². The highest BCUT2D eigenvalue weighted by molar-refractivity contribution is 6.06. The van der Waals surface area contributed by atoms with Gasteiger partial charge in [-0.2, -0.15) is 0 Å². The number of pyridine rings is 2. The molecule has 0 atom stereocenters. The summed E-state index contributed by atoms with van der Waals surface area (Å²) in [7, 11) is 4.14. The molecule has 1 amide bonds. The van der Waals surface area contributed by atoms with Crippen molar-refractivity contribution in [2.75, 3.05) is 52.4 Å². The van der Waals surface area contributed by atoms with Crippen LogP contribution >= 0.6 is 0 Å². The van der Waals surface area contributed by atoms with Crippen LogP contribution < -0.4 is 34.6 Å². The van der Waals surface area contributed by atoms with Crippen LogP contribution in [-0.2, 0) is 0 Å². The zero-order valence-electron chi connectivity index (χ0n) is 29.2. The third-order valence-electron chi connectivity index (χ3n) is 8.30. The molecule has 3 heterocycles. The highest BCUT2D eigenvalue weighted by Gasteiger charge is 2.26. The van der Waals surface area contributed by atoms with Crippen LogP contribution in [0, 0.1) is 11.6 Å². The molecule has 6 rings (SSSR count). The summed E-state index contributed by atoms with van der Waals surface area (Å²) in [6.07, 6.45) is 7.16. The first-order valence-corrected chi connectivity index (χ1v) is 17.2. The third kappa shape index (κ3) is 8.26. The van der Waals surface area contributed by atoms with Crippen molar-refractivity contribution in [2.45, 2.75) is 32.6 Å². The largest absolute Gasteiger partial charge is 0.493 e. The standard InChI is InChI=1S/C39H40F2N4O7/c1-4-48-31-16-19-45(27-12-9-25(40)10-13-27)39(47)35(31)38(46)43-26-11-14-30(28(41)23-26)52-32-15-17-42-29-24-33(36-37(34(29)32)51-22-21-50-36)49-20-8-6-5-7-18-44(2)3/h9-17,19,23-24H,4-8,18,20-22H2,1-3H3,(H,43,46). The van der Waals surface area contributed by atoms with E-state index >= 15 is 4.39 Å². The molecule has 0 radical (unpaired) electrons. The highest BCUT2D eigenvalue weighted by Crippen LogP contribution is 2.48. The molecule has 5 aromatic rings. The molecule has 0 saturated carbocycles. The van der Waals surface area contributed by atoms with Crippen molar-refractivity contribution >= 4 is 22.5 Å². The SMILES string of the molecule is CCOc1ccn(-c2ccc(F)cc2)c(=O)c1C(=O)Nc1ccc(Oc2ccnc3cc(OCCCCCCN(C)C)c4c(c23)OCCO4)c(F)c1. The smallest absolute Gasteiger partial charge is 0.271 e. The molecule has 0 fully saturated rings. The lowest BCUT2D eigenvalue weighted by Gasteiger charge is -2.23. The Balaban J connectivity index is 1.20. The number of nitrogens with one attached hydrogen (secondary N) is 1. The Morgan fingerprint density at radius 3 is 2.40 bits per heavy atom. The Morgan fingerprint density at radius 1 is 0.885 bits per heavy atom. The van der Waals surface area contributed by atoms with Gasteiger partial charge in [0.1, 0.15) is 36.1 Å². The Kier molecular flexibility index (Phi) is 11.5. The fourth-order valence-corrected chi connectivity index (χ4v) is 5.81. The number of amides is 1. The van der Waals surface area contributed by atoms with Gasteiger partial charge in [0.2, 0.25) is 5.75 Å². The number of aromatic nitrogens is 2. The summed E-state index contributed by atoms with van der Waals surface area (Å²) in [6.45, 7) is 4.11. The predicted octanol–water partition coefficient (Wildman–Crippen LogP) is 7.38. The van der Waals surface area contributed by atoms with Crippen LogP contribution in [0.5, 0.6) is 34.5 Å². The number of rotatable bonds is 15. The molecule has 11 nitrogen and oxygen atoms in total. The van der Waals surface area contributed by atoms with Crippen molar-refractivity contribution in [3.8, 4) is 40.2 Å². The first-order valence-electron chi connectivity index (χ1n) is 17.2. The van der Waals surface area contributed by atoms with Gasteiger partial charge in [-0.25, -0.2) is 8.78 Å². The normalized spacial score (nSPS) is 12.2. The summed E-state index contributed by atoms with van der Waals surface area (Å²) in [4.78, 5) is 33.6. The molecule has 1 aliphatic rings. The van der Waals surface area contributed by atoms with Crippen LogP contribution in [0.2, 0.25) is 0 Å². The minimum absolute atomic E-state index is 0.0482. The van der Waals surface area contributed by atoms with Gasteiger partial charge in [0.05, 0.1) is 24.1 Å². The number of halogens is 2. The second kappa shape index (κ2) is 16.6. The van der Waals surface area contributed by atoms with Crippen LogP contribution in [-0.4, -0.2) is 67.4 Å². The molecule has 52 heavy (non-hydrogen) atoms. The molecule has 2 aromatic heterocycles. The first-order chi connectivity index (χ1) is 25.2. The summed E-state index contributed by atoms with van der Waals surface area (Å²) in [5.41, 5.74) is -0.0524. The molecule has 0 saturated heterocycles. The molecule has 13 heteroatoms. The van der Waals surface area contributed by atoms with E-state index in [-0.39, 0.29) is 35.1 Å². The van der Waals surface area contributed by atoms with Crippen molar-refractivity contribution in [1.82, 2.24) is 14.5 Å². The van der Waals surface area contributed by atoms with E-state index in [0.717, 1.165) is 38.3 Å². The van der Waals surface area contributed by atoms with Crippen LogP contribution in [0.1, 0.15) is 43.0 Å². The molecule has 1 N–H and O–H groups in total. The van der Waals surface area contributed by atoms with Crippen molar-refractivity contribution in [3.05, 3.63) is 101 Å². The number of hydrogen-bond donors (Lipinski definition) is 1. The van der Waals surface area contributed by atoms with Gasteiger partial charge in [-0.3, -0.25) is 19.1 Å². The molecule has 0 unspecified atom stereocenters. The van der Waals surface area contributed by atoms with Crippen LogP contribution in [0.4, 0.5) is 14.5 Å². The molecule has 0 aliphatic carbocycles. The van der Waals surface area contributed by atoms with E-state index < -0.39 is 23.1 Å². The zero-order chi connectivity index (χ0) is 36.6. The second-order valence-corrected chi connectivity index (χ2v) is 12.3. The Morgan fingerprint density at radius 2 is 1.65 bits per heavy atom. The fourth-order valence-electron chi connectivity index (χ4n) is 5.81. The quantitative estimate of drug-likeness (QED) is 0.111. The first kappa shape index (κ1) is 36.1. The maximum Gasteiger partial charge on any atom is 0.271 e. The predicted molar refractivity (Wildman–Crippen MR) is 193 cm³/mol. The number of carbonyl (C=O) groups is 1. The van der Waals surface area contributed by atoms with Gasteiger partial charge in [0.15, 0.2) is 23.1 Å². The zero-order valence-corrected chi connectivity index (χ0v) is 29.2. The summed E-state index contributed by atoms with van der Waals surface area (Å²) >= 11 is 0. The molecule has 3 aromatic carbocycles. The minimum atomic E-state index is -0.816. The summed E-state index contributed by atoms with van der Waals surface area (Å²) in [5.74, 6) is -0.509. The number of unbranched alkanes of at least 4 members (excludes halogenated alkanes) is 3. The van der Waals surface area contributed by atoms with Crippen LogP contribution in [0.25, 0.3) is 16.6 Å². The van der Waals surface area contributed by atoms with Crippen LogP contribution in [0.3, 0.4) is 0 Å². The number of fused-ring (bicyclic) bond motifs is 3. The summed E-state index contributed by atoms with van der Waals surface area (Å²) in [5, 5.41) is 3.07. The van der Waals surface area contributed by atoms with Crippen molar-refractivity contribution in [2.24, 2.45) is 0 Å². The summed E-state index contributed by atoms with van der Waals surface area (Å²) in [6, 6.07) is 14.0. The molecular formula is C39H40F2N4O7. The maximum absolute atomic E-state index is 15.6. The lowest BCUT2D eigenvalue weighted by atomic mass is 10.1. The maximum atomic E-state index is 15.6. The number of carbonyl (C=O) groups excluding carboxylic acids is 1. The summed E-state index contributed by atoms with van der Waals surface area (Å²) < 4.78 is 60.0. The third-order valence-corrected chi connectivity index (χ3v) is 8.30. The van der Waals surface area contributed by atoms with Gasteiger partial charge in [-0.05, 0) is 88.9 Å². The number of nitrogens with zero attached hydrogens (tertiary/aromatic N) is 3. The van der Waals surface area contributed by atoms with Gasteiger partial charge in [-0.15, -0.1) is 0 Å². The highest BCUT2D eigenvalue weighted by atomic mass is 19.1. The van der Waals surface area contributed by atoms with Gasteiger partial charge in [-0.1, -0.05) is 12.8 Å². The fraction of sp³-hybridized carbons (Fsp3) is 0.308. The number of ether oxygens (including phenoxy) is 5. The van der Waals surface area contributed by atoms with Crippen molar-refractivity contribution < 1.29 is 37.3 Å².